The molecule has 2 amide bonds. The summed E-state index contributed by atoms with van der Waals surface area (Å²) in [4.78, 5) is 36.8. The molecule has 0 N–H and O–H groups in total. The van der Waals surface area contributed by atoms with Crippen molar-refractivity contribution in [1.82, 2.24) is 19.7 Å². The SMILES string of the molecule is Cc1nc(CC(=O)N2CCC3(CC2)C[C@H]3C(=O)N2CCN(C/C=C/c3ccccc3)CC2)cs1. The Morgan fingerprint density at radius 1 is 1.06 bits per heavy atom. The van der Waals surface area contributed by atoms with Crippen molar-refractivity contribution in [3.63, 3.8) is 0 Å². The second-order valence-electron chi connectivity index (χ2n) is 9.97. The molecule has 1 aromatic heterocycles. The van der Waals surface area contributed by atoms with Crippen molar-refractivity contribution in [2.75, 3.05) is 45.8 Å². The molecule has 2 aromatic rings. The lowest BCUT2D eigenvalue weighted by Crippen LogP contribution is -2.49. The maximum atomic E-state index is 13.2. The number of rotatable bonds is 6. The predicted octanol–water partition coefficient (Wildman–Crippen LogP) is 3.48. The number of thiazole rings is 1. The van der Waals surface area contributed by atoms with Crippen molar-refractivity contribution >= 4 is 29.2 Å². The summed E-state index contributed by atoms with van der Waals surface area (Å²) >= 11 is 1.59. The van der Waals surface area contributed by atoms with Crippen LogP contribution in [-0.4, -0.2) is 77.3 Å². The third-order valence-corrected chi connectivity index (χ3v) is 8.58. The van der Waals surface area contributed by atoms with Crippen molar-refractivity contribution < 1.29 is 9.59 Å². The van der Waals surface area contributed by atoms with Crippen LogP contribution in [-0.2, 0) is 16.0 Å². The molecule has 0 radical (unpaired) electrons. The van der Waals surface area contributed by atoms with Gasteiger partial charge in [0.2, 0.25) is 11.8 Å². The van der Waals surface area contributed by atoms with Gasteiger partial charge in [0.15, 0.2) is 0 Å². The molecule has 7 heteroatoms. The summed E-state index contributed by atoms with van der Waals surface area (Å²) in [5, 5.41) is 2.98. The second kappa shape index (κ2) is 10.0. The van der Waals surface area contributed by atoms with E-state index in [0.717, 1.165) is 75.8 Å². The summed E-state index contributed by atoms with van der Waals surface area (Å²) in [6.07, 6.45) is 7.68. The van der Waals surface area contributed by atoms with Gasteiger partial charge < -0.3 is 9.80 Å². The number of nitrogens with zero attached hydrogens (tertiary/aromatic N) is 4. The molecule has 1 aliphatic carbocycles. The van der Waals surface area contributed by atoms with Gasteiger partial charge in [0.05, 0.1) is 17.1 Å². The van der Waals surface area contributed by atoms with Crippen LogP contribution in [0.2, 0.25) is 0 Å². The quantitative estimate of drug-likeness (QED) is 0.638. The first-order valence-electron chi connectivity index (χ1n) is 12.4. The number of carbonyl (C=O) groups excluding carboxylic acids is 2. The van der Waals surface area contributed by atoms with Gasteiger partial charge in [-0.15, -0.1) is 11.3 Å². The van der Waals surface area contributed by atoms with Gasteiger partial charge in [0.25, 0.3) is 0 Å². The number of hydrogen-bond donors (Lipinski definition) is 0. The van der Waals surface area contributed by atoms with Gasteiger partial charge in [-0.2, -0.15) is 0 Å². The van der Waals surface area contributed by atoms with E-state index in [4.69, 9.17) is 0 Å². The van der Waals surface area contributed by atoms with Crippen LogP contribution in [0.1, 0.15) is 35.5 Å². The molecule has 3 aliphatic rings. The molecule has 3 heterocycles. The highest BCUT2D eigenvalue weighted by Gasteiger charge is 2.59. The van der Waals surface area contributed by atoms with E-state index in [0.29, 0.717) is 12.3 Å². The largest absolute Gasteiger partial charge is 0.342 e. The number of likely N-dealkylation sites (tertiary alicyclic amines) is 1. The minimum absolute atomic E-state index is 0.140. The molecule has 5 rings (SSSR count). The third kappa shape index (κ3) is 5.26. The summed E-state index contributed by atoms with van der Waals surface area (Å²) < 4.78 is 0. The molecule has 0 bridgehead atoms. The van der Waals surface area contributed by atoms with E-state index in [1.54, 1.807) is 11.3 Å². The lowest BCUT2D eigenvalue weighted by atomic mass is 9.90. The Labute approximate surface area is 206 Å². The lowest BCUT2D eigenvalue weighted by Gasteiger charge is -2.36. The molecular formula is C27H34N4O2S. The standard InChI is InChI=1S/C27H34N4O2S/c1-21-28-23(20-34-21)18-25(32)30-12-9-27(10-13-30)19-24(27)26(33)31-16-14-29(15-17-31)11-5-8-22-6-3-2-4-7-22/h2-8,20,24H,9-19H2,1H3/b8-5+/t24-/m0/s1. The van der Waals surface area contributed by atoms with Crippen molar-refractivity contribution in [3.05, 3.63) is 58.1 Å². The number of aromatic nitrogens is 1. The normalized spacial score (nSPS) is 22.4. The molecular weight excluding hydrogens is 444 g/mol. The van der Waals surface area contributed by atoms with Crippen LogP contribution in [0.25, 0.3) is 6.08 Å². The molecule has 0 unspecified atom stereocenters. The zero-order valence-corrected chi connectivity index (χ0v) is 20.8. The molecule has 180 valence electrons. The van der Waals surface area contributed by atoms with Gasteiger partial charge in [-0.1, -0.05) is 42.5 Å². The van der Waals surface area contributed by atoms with Crippen LogP contribution >= 0.6 is 11.3 Å². The molecule has 1 saturated carbocycles. The van der Waals surface area contributed by atoms with Crippen LogP contribution in [0.4, 0.5) is 0 Å². The average molecular weight is 479 g/mol. The zero-order chi connectivity index (χ0) is 23.5. The fourth-order valence-corrected chi connectivity index (χ4v) is 6.09. The number of benzene rings is 1. The van der Waals surface area contributed by atoms with Gasteiger partial charge in [-0.05, 0) is 37.2 Å². The fraction of sp³-hybridized carbons (Fsp3) is 0.519. The third-order valence-electron chi connectivity index (χ3n) is 7.76. The molecule has 1 atom stereocenters. The molecule has 1 aromatic carbocycles. The second-order valence-corrected chi connectivity index (χ2v) is 11.0. The zero-order valence-electron chi connectivity index (χ0n) is 20.0. The highest BCUT2D eigenvalue weighted by molar-refractivity contribution is 7.09. The molecule has 3 fully saturated rings. The summed E-state index contributed by atoms with van der Waals surface area (Å²) in [5.41, 5.74) is 2.24. The molecule has 1 spiro atoms. The Hall–Kier alpha value is -2.51. The number of amides is 2. The van der Waals surface area contributed by atoms with E-state index in [-0.39, 0.29) is 17.2 Å². The molecule has 34 heavy (non-hydrogen) atoms. The van der Waals surface area contributed by atoms with E-state index >= 15 is 0 Å². The van der Waals surface area contributed by atoms with Crippen LogP contribution in [0.5, 0.6) is 0 Å². The van der Waals surface area contributed by atoms with E-state index < -0.39 is 0 Å². The van der Waals surface area contributed by atoms with Crippen LogP contribution < -0.4 is 0 Å². The first-order chi connectivity index (χ1) is 16.5. The lowest BCUT2D eigenvalue weighted by molar-refractivity contribution is -0.135. The van der Waals surface area contributed by atoms with E-state index in [2.05, 4.69) is 51.2 Å². The van der Waals surface area contributed by atoms with Crippen molar-refractivity contribution in [1.29, 1.82) is 0 Å². The highest BCUT2D eigenvalue weighted by Crippen LogP contribution is 2.60. The Kier molecular flexibility index (Phi) is 6.84. The number of piperidine rings is 1. The van der Waals surface area contributed by atoms with Gasteiger partial charge >= 0.3 is 0 Å². The smallest absolute Gasteiger partial charge is 0.228 e. The average Bonchev–Trinajstić information content (AvgIpc) is 3.40. The van der Waals surface area contributed by atoms with Gasteiger partial charge in [-0.25, -0.2) is 4.98 Å². The van der Waals surface area contributed by atoms with Gasteiger partial charge in [0, 0.05) is 57.1 Å². The highest BCUT2D eigenvalue weighted by atomic mass is 32.1. The number of aryl methyl sites for hydroxylation is 1. The Morgan fingerprint density at radius 3 is 2.47 bits per heavy atom. The Balaban J connectivity index is 1.04. The first kappa shape index (κ1) is 23.2. The maximum absolute atomic E-state index is 13.2. The monoisotopic (exact) mass is 478 g/mol. The van der Waals surface area contributed by atoms with Crippen LogP contribution in [0.15, 0.2) is 41.8 Å². The Morgan fingerprint density at radius 2 is 1.79 bits per heavy atom. The maximum Gasteiger partial charge on any atom is 0.228 e. The van der Waals surface area contributed by atoms with E-state index in [1.165, 1.54) is 5.56 Å². The number of piperazine rings is 1. The molecule has 2 aliphatic heterocycles. The van der Waals surface area contributed by atoms with Crippen molar-refractivity contribution in [2.24, 2.45) is 11.3 Å². The predicted molar refractivity (Wildman–Crippen MR) is 135 cm³/mol. The van der Waals surface area contributed by atoms with Crippen LogP contribution in [0.3, 0.4) is 0 Å². The summed E-state index contributed by atoms with van der Waals surface area (Å²) in [5.74, 6) is 0.675. The number of carbonyl (C=O) groups is 2. The molecule has 6 nitrogen and oxygen atoms in total. The summed E-state index contributed by atoms with van der Waals surface area (Å²) in [6, 6.07) is 10.4. The topological polar surface area (TPSA) is 56.8 Å². The van der Waals surface area contributed by atoms with E-state index in [9.17, 15) is 9.59 Å². The summed E-state index contributed by atoms with van der Waals surface area (Å²) in [7, 11) is 0. The van der Waals surface area contributed by atoms with Crippen LogP contribution in [0, 0.1) is 18.3 Å². The van der Waals surface area contributed by atoms with Crippen molar-refractivity contribution in [2.45, 2.75) is 32.6 Å². The Bertz CT molecular complexity index is 1030. The summed E-state index contributed by atoms with van der Waals surface area (Å²) in [6.45, 7) is 7.95. The first-order valence-corrected chi connectivity index (χ1v) is 13.3. The van der Waals surface area contributed by atoms with Gasteiger partial charge in [0.1, 0.15) is 0 Å². The van der Waals surface area contributed by atoms with Gasteiger partial charge in [-0.3, -0.25) is 14.5 Å². The van der Waals surface area contributed by atoms with Crippen molar-refractivity contribution in [3.8, 4) is 0 Å². The fourth-order valence-electron chi connectivity index (χ4n) is 5.48. The molecule has 2 saturated heterocycles. The minimum Gasteiger partial charge on any atom is -0.342 e. The number of hydrogen-bond acceptors (Lipinski definition) is 5. The van der Waals surface area contributed by atoms with E-state index in [1.807, 2.05) is 23.3 Å². The minimum atomic E-state index is 0.140.